The van der Waals surface area contributed by atoms with Crippen molar-refractivity contribution in [3.63, 3.8) is 0 Å². The van der Waals surface area contributed by atoms with E-state index in [1.165, 1.54) is 12.1 Å². The van der Waals surface area contributed by atoms with Gasteiger partial charge < -0.3 is 15.4 Å². The van der Waals surface area contributed by atoms with Crippen LogP contribution < -0.4 is 10.5 Å². The van der Waals surface area contributed by atoms with E-state index in [1.807, 2.05) is 19.0 Å². The lowest BCUT2D eigenvalue weighted by molar-refractivity contribution is 0.122. The number of rotatable bonds is 9. The molecule has 0 spiro atoms. The number of halogens is 1. The number of hydrogen-bond acceptors (Lipinski definition) is 5. The van der Waals surface area contributed by atoms with Crippen LogP contribution in [0, 0.1) is 5.82 Å². The average Bonchev–Trinajstić information content (AvgIpc) is 2.42. The van der Waals surface area contributed by atoms with Gasteiger partial charge in [-0.25, -0.2) is 17.5 Å². The smallest absolute Gasteiger partial charge is 0.240 e. The van der Waals surface area contributed by atoms with Crippen LogP contribution in [0.4, 0.5) is 4.39 Å². The number of nitrogens with two attached hydrogens (primary N) is 1. The molecule has 6 nitrogen and oxygen atoms in total. The fourth-order valence-electron chi connectivity index (χ4n) is 1.56. The van der Waals surface area contributed by atoms with Crippen molar-refractivity contribution in [1.82, 2.24) is 9.62 Å². The van der Waals surface area contributed by atoms with Gasteiger partial charge >= 0.3 is 0 Å². The van der Waals surface area contributed by atoms with Crippen LogP contribution in [-0.2, 0) is 21.3 Å². The molecule has 8 heteroatoms. The van der Waals surface area contributed by atoms with Crippen molar-refractivity contribution >= 4 is 10.0 Å². The minimum Gasteiger partial charge on any atom is -0.379 e. The Morgan fingerprint density at radius 2 is 2.05 bits per heavy atom. The van der Waals surface area contributed by atoms with Crippen LogP contribution in [0.15, 0.2) is 23.1 Å². The third-order valence-corrected chi connectivity index (χ3v) is 4.23. The lowest BCUT2D eigenvalue weighted by Gasteiger charge is -2.11. The molecule has 21 heavy (non-hydrogen) atoms. The molecular formula is C13H22FN3O3S. The van der Waals surface area contributed by atoms with E-state index in [4.69, 9.17) is 10.5 Å². The van der Waals surface area contributed by atoms with Crippen molar-refractivity contribution < 1.29 is 17.5 Å². The van der Waals surface area contributed by atoms with E-state index < -0.39 is 15.8 Å². The molecule has 0 bridgehead atoms. The normalized spacial score (nSPS) is 12.0. The first kappa shape index (κ1) is 18.0. The molecule has 1 rings (SSSR count). The summed E-state index contributed by atoms with van der Waals surface area (Å²) < 4.78 is 45.0. The molecule has 0 saturated carbocycles. The summed E-state index contributed by atoms with van der Waals surface area (Å²) in [5.41, 5.74) is 5.53. The first-order chi connectivity index (χ1) is 9.86. The molecular weight excluding hydrogens is 297 g/mol. The maximum absolute atomic E-state index is 13.3. The quantitative estimate of drug-likeness (QED) is 0.633. The van der Waals surface area contributed by atoms with E-state index in [2.05, 4.69) is 4.72 Å². The standard InChI is InChI=1S/C13H22FN3O3S/c1-17(2)6-8-20-7-5-16-21(18,19)12-3-4-13(14)11(9-12)10-15/h3-4,9,16H,5-8,10,15H2,1-2H3. The fourth-order valence-corrected chi connectivity index (χ4v) is 2.62. The number of nitrogens with zero attached hydrogens (tertiary/aromatic N) is 1. The van der Waals surface area contributed by atoms with Crippen molar-refractivity contribution in [2.45, 2.75) is 11.4 Å². The van der Waals surface area contributed by atoms with Crippen molar-refractivity contribution in [2.75, 3.05) is 40.4 Å². The monoisotopic (exact) mass is 319 g/mol. The van der Waals surface area contributed by atoms with Crippen molar-refractivity contribution in [3.8, 4) is 0 Å². The van der Waals surface area contributed by atoms with Gasteiger partial charge in [0, 0.05) is 25.2 Å². The van der Waals surface area contributed by atoms with Crippen molar-refractivity contribution in [3.05, 3.63) is 29.6 Å². The summed E-state index contributed by atoms with van der Waals surface area (Å²) >= 11 is 0. The Morgan fingerprint density at radius 1 is 1.33 bits per heavy atom. The van der Waals surface area contributed by atoms with Gasteiger partial charge in [-0.2, -0.15) is 0 Å². The molecule has 0 amide bonds. The molecule has 0 radical (unpaired) electrons. The zero-order valence-electron chi connectivity index (χ0n) is 12.3. The predicted molar refractivity (Wildman–Crippen MR) is 78.9 cm³/mol. The van der Waals surface area contributed by atoms with Gasteiger partial charge in [-0.1, -0.05) is 0 Å². The summed E-state index contributed by atoms with van der Waals surface area (Å²) in [5, 5.41) is 0. The van der Waals surface area contributed by atoms with E-state index in [0.29, 0.717) is 6.61 Å². The van der Waals surface area contributed by atoms with Gasteiger partial charge in [0.05, 0.1) is 18.1 Å². The average molecular weight is 319 g/mol. The largest absolute Gasteiger partial charge is 0.379 e. The molecule has 0 unspecified atom stereocenters. The van der Waals surface area contributed by atoms with Crippen molar-refractivity contribution in [2.24, 2.45) is 5.73 Å². The molecule has 0 aromatic heterocycles. The maximum atomic E-state index is 13.3. The summed E-state index contributed by atoms with van der Waals surface area (Å²) in [4.78, 5) is 1.97. The number of ether oxygens (including phenoxy) is 1. The summed E-state index contributed by atoms with van der Waals surface area (Å²) in [6.07, 6.45) is 0. The Morgan fingerprint density at radius 3 is 2.67 bits per heavy atom. The molecule has 1 aromatic rings. The van der Waals surface area contributed by atoms with Crippen LogP contribution in [0.25, 0.3) is 0 Å². The predicted octanol–water partition coefficient (Wildman–Crippen LogP) is 0.141. The van der Waals surface area contributed by atoms with E-state index in [0.717, 1.165) is 12.6 Å². The highest BCUT2D eigenvalue weighted by molar-refractivity contribution is 7.89. The molecule has 0 aliphatic rings. The van der Waals surface area contributed by atoms with Gasteiger partial charge in [0.15, 0.2) is 0 Å². The first-order valence-corrected chi connectivity index (χ1v) is 8.06. The highest BCUT2D eigenvalue weighted by Crippen LogP contribution is 2.14. The SMILES string of the molecule is CN(C)CCOCCNS(=O)(=O)c1ccc(F)c(CN)c1. The molecule has 0 heterocycles. The molecule has 3 N–H and O–H groups in total. The lowest BCUT2D eigenvalue weighted by Crippen LogP contribution is -2.28. The molecule has 0 saturated heterocycles. The second-order valence-electron chi connectivity index (χ2n) is 4.77. The fraction of sp³-hybridized carbons (Fsp3) is 0.538. The maximum Gasteiger partial charge on any atom is 0.240 e. The highest BCUT2D eigenvalue weighted by atomic mass is 32.2. The van der Waals surface area contributed by atoms with E-state index >= 15 is 0 Å². The Balaban J connectivity index is 2.50. The minimum atomic E-state index is -3.68. The number of sulfonamides is 1. The van der Waals surface area contributed by atoms with Crippen LogP contribution in [0.3, 0.4) is 0 Å². The van der Waals surface area contributed by atoms with Gasteiger partial charge in [-0.15, -0.1) is 0 Å². The zero-order valence-corrected chi connectivity index (χ0v) is 13.1. The van der Waals surface area contributed by atoms with E-state index in [-0.39, 0.29) is 30.2 Å². The van der Waals surface area contributed by atoms with E-state index in [1.54, 1.807) is 0 Å². The number of likely N-dealkylation sites (N-methyl/N-ethyl adjacent to an activating group) is 1. The third-order valence-electron chi connectivity index (χ3n) is 2.77. The topological polar surface area (TPSA) is 84.7 Å². The van der Waals surface area contributed by atoms with E-state index in [9.17, 15) is 12.8 Å². The summed E-state index contributed by atoms with van der Waals surface area (Å²) in [6, 6.07) is 3.55. The van der Waals surface area contributed by atoms with Crippen LogP contribution in [-0.4, -0.2) is 53.7 Å². The van der Waals surface area contributed by atoms with Crippen LogP contribution in [0.1, 0.15) is 5.56 Å². The number of nitrogens with one attached hydrogen (secondary N) is 1. The second kappa shape index (κ2) is 8.40. The summed E-state index contributed by atoms with van der Waals surface area (Å²) in [7, 11) is 0.177. The number of hydrogen-bond donors (Lipinski definition) is 2. The zero-order chi connectivity index (χ0) is 15.9. The molecule has 0 fully saturated rings. The van der Waals surface area contributed by atoms with Gasteiger partial charge in [0.2, 0.25) is 10.0 Å². The van der Waals surface area contributed by atoms with Crippen LogP contribution in [0.2, 0.25) is 0 Å². The Labute approximate surface area is 125 Å². The Kier molecular flexibility index (Phi) is 7.20. The molecule has 0 aliphatic carbocycles. The molecule has 1 aromatic carbocycles. The Hall–Kier alpha value is -1.06. The molecule has 120 valence electrons. The van der Waals surface area contributed by atoms with Gasteiger partial charge in [0.1, 0.15) is 5.82 Å². The Bertz CT molecular complexity index is 550. The summed E-state index contributed by atoms with van der Waals surface area (Å²) in [5.74, 6) is -0.511. The van der Waals surface area contributed by atoms with Crippen molar-refractivity contribution in [1.29, 1.82) is 0 Å². The molecule has 0 aliphatic heterocycles. The van der Waals surface area contributed by atoms with Gasteiger partial charge in [0.25, 0.3) is 0 Å². The summed E-state index contributed by atoms with van der Waals surface area (Å²) in [6.45, 7) is 1.68. The second-order valence-corrected chi connectivity index (χ2v) is 6.54. The van der Waals surface area contributed by atoms with Gasteiger partial charge in [-0.05, 0) is 32.3 Å². The highest BCUT2D eigenvalue weighted by Gasteiger charge is 2.15. The van der Waals surface area contributed by atoms with Crippen LogP contribution >= 0.6 is 0 Å². The van der Waals surface area contributed by atoms with Crippen LogP contribution in [0.5, 0.6) is 0 Å². The minimum absolute atomic E-state index is 0.00218. The first-order valence-electron chi connectivity index (χ1n) is 6.57. The lowest BCUT2D eigenvalue weighted by atomic mass is 10.2. The third kappa shape index (κ3) is 6.06. The van der Waals surface area contributed by atoms with Gasteiger partial charge in [-0.3, -0.25) is 0 Å². The molecule has 0 atom stereocenters. The number of benzene rings is 1.